The molecule has 0 aliphatic rings. The van der Waals surface area contributed by atoms with E-state index < -0.39 is 0 Å². The molecule has 0 aliphatic heterocycles. The van der Waals surface area contributed by atoms with Crippen LogP contribution in [0.25, 0.3) is 0 Å². The molecule has 16 heavy (non-hydrogen) atoms. The van der Waals surface area contributed by atoms with Gasteiger partial charge >= 0.3 is 0 Å². The first-order valence-corrected chi connectivity index (χ1v) is 5.30. The summed E-state index contributed by atoms with van der Waals surface area (Å²) in [5.74, 6) is 0. The molecule has 0 radical (unpaired) electrons. The fourth-order valence-corrected chi connectivity index (χ4v) is 1.70. The van der Waals surface area contributed by atoms with E-state index in [0.717, 1.165) is 22.5 Å². The molecule has 2 aromatic carbocycles. The average Bonchev–Trinajstić information content (AvgIpc) is 2.29. The molecule has 2 rings (SSSR count). The van der Waals surface area contributed by atoms with Gasteiger partial charge in [-0.1, -0.05) is 30.3 Å². The largest absolute Gasteiger partial charge is 0.283 e. The molecule has 0 bridgehead atoms. The third-order valence-corrected chi connectivity index (χ3v) is 2.59. The first kappa shape index (κ1) is 10.7. The van der Waals surface area contributed by atoms with E-state index >= 15 is 0 Å². The van der Waals surface area contributed by atoms with Crippen LogP contribution < -0.4 is 5.06 Å². The maximum Gasteiger partial charge on any atom is 0.0722 e. The number of hydrogen-bond acceptors (Lipinski definition) is 2. The fraction of sp³-hybridized carbons (Fsp3) is 0.143. The van der Waals surface area contributed by atoms with Gasteiger partial charge in [0.15, 0.2) is 0 Å². The van der Waals surface area contributed by atoms with Crippen LogP contribution in [0.1, 0.15) is 11.1 Å². The summed E-state index contributed by atoms with van der Waals surface area (Å²) >= 11 is 0. The van der Waals surface area contributed by atoms with E-state index in [1.807, 2.05) is 62.4 Å². The van der Waals surface area contributed by atoms with Gasteiger partial charge in [-0.3, -0.25) is 5.21 Å². The van der Waals surface area contributed by atoms with Crippen LogP contribution in [-0.4, -0.2) is 5.21 Å². The average molecular weight is 213 g/mol. The van der Waals surface area contributed by atoms with Gasteiger partial charge in [-0.2, -0.15) is 0 Å². The minimum absolute atomic E-state index is 0.786. The first-order chi connectivity index (χ1) is 7.68. The summed E-state index contributed by atoms with van der Waals surface area (Å²) in [5.41, 5.74) is 3.78. The molecule has 0 aliphatic carbocycles. The lowest BCUT2D eigenvalue weighted by Crippen LogP contribution is -2.11. The number of hydrogen-bond donors (Lipinski definition) is 1. The van der Waals surface area contributed by atoms with Crippen LogP contribution in [0.3, 0.4) is 0 Å². The lowest BCUT2D eigenvalue weighted by atomic mass is 10.1. The summed E-state index contributed by atoms with van der Waals surface area (Å²) in [4.78, 5) is 0. The Labute approximate surface area is 95.7 Å². The quantitative estimate of drug-likeness (QED) is 0.766. The Hall–Kier alpha value is -1.80. The number of aryl methyl sites for hydroxylation is 2. The zero-order valence-corrected chi connectivity index (χ0v) is 9.51. The van der Waals surface area contributed by atoms with Gasteiger partial charge in [0.1, 0.15) is 0 Å². The predicted molar refractivity (Wildman–Crippen MR) is 66.3 cm³/mol. The summed E-state index contributed by atoms with van der Waals surface area (Å²) in [6.07, 6.45) is 0. The summed E-state index contributed by atoms with van der Waals surface area (Å²) in [7, 11) is 0. The highest BCUT2D eigenvalue weighted by atomic mass is 16.5. The molecule has 0 aromatic heterocycles. The fourth-order valence-electron chi connectivity index (χ4n) is 1.70. The van der Waals surface area contributed by atoms with Gasteiger partial charge < -0.3 is 0 Å². The van der Waals surface area contributed by atoms with Crippen molar-refractivity contribution in [2.75, 3.05) is 5.06 Å². The Balaban J connectivity index is 2.39. The topological polar surface area (TPSA) is 23.5 Å². The lowest BCUT2D eigenvalue weighted by molar-refractivity contribution is 0.300. The molecular formula is C14H15NO. The van der Waals surface area contributed by atoms with Gasteiger partial charge in [0, 0.05) is 0 Å². The summed E-state index contributed by atoms with van der Waals surface area (Å²) < 4.78 is 0. The maximum atomic E-state index is 10.1. The van der Waals surface area contributed by atoms with Crippen LogP contribution in [0.4, 0.5) is 11.4 Å². The van der Waals surface area contributed by atoms with Gasteiger partial charge in [-0.15, -0.1) is 0 Å². The second kappa shape index (κ2) is 4.37. The van der Waals surface area contributed by atoms with Crippen molar-refractivity contribution >= 4 is 11.4 Å². The molecule has 2 heteroatoms. The molecule has 0 saturated carbocycles. The number of rotatable bonds is 2. The van der Waals surface area contributed by atoms with Crippen LogP contribution in [-0.2, 0) is 0 Å². The van der Waals surface area contributed by atoms with Gasteiger partial charge in [-0.25, -0.2) is 5.06 Å². The zero-order chi connectivity index (χ0) is 11.5. The number of anilines is 2. The molecule has 2 nitrogen and oxygen atoms in total. The zero-order valence-electron chi connectivity index (χ0n) is 9.51. The standard InChI is InChI=1S/C14H15NO/c1-11-6-5-8-13(10-11)15(16)14-9-4-3-7-12(14)2/h3-10,16H,1-2H3. The Morgan fingerprint density at radius 3 is 2.38 bits per heavy atom. The van der Waals surface area contributed by atoms with Gasteiger partial charge in [0.25, 0.3) is 0 Å². The van der Waals surface area contributed by atoms with E-state index in [1.54, 1.807) is 0 Å². The molecule has 0 spiro atoms. The highest BCUT2D eigenvalue weighted by Crippen LogP contribution is 2.26. The molecule has 1 N–H and O–H groups in total. The molecular weight excluding hydrogens is 198 g/mol. The van der Waals surface area contributed by atoms with E-state index in [0.29, 0.717) is 0 Å². The highest BCUT2D eigenvalue weighted by Gasteiger charge is 2.07. The van der Waals surface area contributed by atoms with Crippen molar-refractivity contribution in [3.05, 3.63) is 59.7 Å². The van der Waals surface area contributed by atoms with E-state index in [4.69, 9.17) is 0 Å². The predicted octanol–water partition coefficient (Wildman–Crippen LogP) is 3.83. The van der Waals surface area contributed by atoms with Crippen molar-refractivity contribution in [1.29, 1.82) is 0 Å². The molecule has 82 valence electrons. The van der Waals surface area contributed by atoms with E-state index in [9.17, 15) is 5.21 Å². The number of para-hydroxylation sites is 1. The number of nitrogens with zero attached hydrogens (tertiary/aromatic N) is 1. The molecule has 0 atom stereocenters. The summed E-state index contributed by atoms with van der Waals surface area (Å²) in [6, 6.07) is 15.5. The van der Waals surface area contributed by atoms with E-state index in [2.05, 4.69) is 0 Å². The molecule has 0 amide bonds. The van der Waals surface area contributed by atoms with Crippen LogP contribution in [0.2, 0.25) is 0 Å². The minimum atomic E-state index is 0.786. The van der Waals surface area contributed by atoms with Crippen molar-refractivity contribution in [2.24, 2.45) is 0 Å². The minimum Gasteiger partial charge on any atom is -0.283 e. The van der Waals surface area contributed by atoms with Crippen molar-refractivity contribution in [2.45, 2.75) is 13.8 Å². The Bertz CT molecular complexity index is 494. The van der Waals surface area contributed by atoms with Crippen molar-refractivity contribution in [3.8, 4) is 0 Å². The Morgan fingerprint density at radius 2 is 1.69 bits per heavy atom. The van der Waals surface area contributed by atoms with Crippen LogP contribution in [0, 0.1) is 13.8 Å². The Kier molecular flexibility index (Phi) is 2.93. The Morgan fingerprint density at radius 1 is 0.938 bits per heavy atom. The summed E-state index contributed by atoms with van der Waals surface area (Å²) in [5, 5.41) is 11.4. The van der Waals surface area contributed by atoms with Crippen LogP contribution in [0.15, 0.2) is 48.5 Å². The van der Waals surface area contributed by atoms with Gasteiger partial charge in [0.05, 0.1) is 11.4 Å². The summed E-state index contributed by atoms with van der Waals surface area (Å²) in [6.45, 7) is 3.99. The van der Waals surface area contributed by atoms with Crippen molar-refractivity contribution in [3.63, 3.8) is 0 Å². The molecule has 0 heterocycles. The SMILES string of the molecule is Cc1cccc(N(O)c2ccccc2C)c1. The van der Waals surface area contributed by atoms with E-state index in [1.165, 1.54) is 5.06 Å². The lowest BCUT2D eigenvalue weighted by Gasteiger charge is -2.19. The third kappa shape index (κ3) is 2.07. The van der Waals surface area contributed by atoms with E-state index in [-0.39, 0.29) is 0 Å². The monoisotopic (exact) mass is 213 g/mol. The molecule has 0 fully saturated rings. The molecule has 0 saturated heterocycles. The van der Waals surface area contributed by atoms with Crippen molar-refractivity contribution in [1.82, 2.24) is 0 Å². The maximum absolute atomic E-state index is 10.1. The van der Waals surface area contributed by atoms with Crippen molar-refractivity contribution < 1.29 is 5.21 Å². The van der Waals surface area contributed by atoms with Crippen LogP contribution in [0.5, 0.6) is 0 Å². The van der Waals surface area contributed by atoms with Crippen LogP contribution >= 0.6 is 0 Å². The first-order valence-electron chi connectivity index (χ1n) is 5.30. The normalized spacial score (nSPS) is 10.2. The second-order valence-corrected chi connectivity index (χ2v) is 3.94. The van der Waals surface area contributed by atoms with Gasteiger partial charge in [-0.05, 0) is 43.2 Å². The molecule has 2 aromatic rings. The third-order valence-electron chi connectivity index (χ3n) is 2.59. The highest BCUT2D eigenvalue weighted by molar-refractivity contribution is 5.63. The van der Waals surface area contributed by atoms with Gasteiger partial charge in [0.2, 0.25) is 0 Å². The second-order valence-electron chi connectivity index (χ2n) is 3.94. The number of benzene rings is 2. The smallest absolute Gasteiger partial charge is 0.0722 e. The molecule has 0 unspecified atom stereocenters.